The molecule has 0 saturated carbocycles. The number of rotatable bonds is 5. The van der Waals surface area contributed by atoms with Crippen molar-refractivity contribution >= 4 is 33.2 Å². The van der Waals surface area contributed by atoms with Gasteiger partial charge in [-0.2, -0.15) is 0 Å². The van der Waals surface area contributed by atoms with Crippen molar-refractivity contribution in [1.82, 2.24) is 0 Å². The molecule has 0 radical (unpaired) electrons. The van der Waals surface area contributed by atoms with Gasteiger partial charge in [0.15, 0.2) is 6.61 Å². The van der Waals surface area contributed by atoms with Crippen molar-refractivity contribution in [3.05, 3.63) is 46.9 Å². The number of hydrogen-bond donors (Lipinski definition) is 2. The first-order valence-corrected chi connectivity index (χ1v) is 6.99. The van der Waals surface area contributed by atoms with Crippen LogP contribution in [0.4, 0.5) is 11.4 Å². The standard InChI is InChI=1S/C15H15BrN2O3/c1-20-14-5-3-2-4-13(14)18-15(19)9-21-12-7-10(16)6-11(17)8-12/h2-8H,9,17H2,1H3,(H,18,19). The van der Waals surface area contributed by atoms with Crippen molar-refractivity contribution in [3.8, 4) is 11.5 Å². The number of methoxy groups -OCH3 is 1. The Morgan fingerprint density at radius 2 is 2.05 bits per heavy atom. The number of anilines is 2. The van der Waals surface area contributed by atoms with Crippen LogP contribution in [0.2, 0.25) is 0 Å². The van der Waals surface area contributed by atoms with Gasteiger partial charge >= 0.3 is 0 Å². The van der Waals surface area contributed by atoms with E-state index < -0.39 is 0 Å². The molecule has 0 aliphatic heterocycles. The van der Waals surface area contributed by atoms with Crippen molar-refractivity contribution in [3.63, 3.8) is 0 Å². The summed E-state index contributed by atoms with van der Waals surface area (Å²) in [6.45, 7) is -0.117. The van der Waals surface area contributed by atoms with Crippen LogP contribution in [0.3, 0.4) is 0 Å². The van der Waals surface area contributed by atoms with Gasteiger partial charge in [-0.05, 0) is 24.3 Å². The number of benzene rings is 2. The zero-order valence-electron chi connectivity index (χ0n) is 11.4. The van der Waals surface area contributed by atoms with Gasteiger partial charge in [0.25, 0.3) is 5.91 Å². The first-order chi connectivity index (χ1) is 10.1. The minimum absolute atomic E-state index is 0.117. The zero-order valence-corrected chi connectivity index (χ0v) is 13.0. The molecule has 3 N–H and O–H groups in total. The molecule has 2 aromatic carbocycles. The molecule has 5 nitrogen and oxygen atoms in total. The molecular formula is C15H15BrN2O3. The highest BCUT2D eigenvalue weighted by atomic mass is 79.9. The fourth-order valence-corrected chi connectivity index (χ4v) is 2.24. The normalized spacial score (nSPS) is 10.0. The molecule has 0 fully saturated rings. The number of carbonyl (C=O) groups is 1. The molecule has 0 spiro atoms. The van der Waals surface area contributed by atoms with E-state index in [0.29, 0.717) is 22.9 Å². The fourth-order valence-electron chi connectivity index (χ4n) is 1.75. The van der Waals surface area contributed by atoms with Crippen molar-refractivity contribution in [1.29, 1.82) is 0 Å². The van der Waals surface area contributed by atoms with Crippen LogP contribution < -0.4 is 20.5 Å². The van der Waals surface area contributed by atoms with Crippen molar-refractivity contribution < 1.29 is 14.3 Å². The number of nitrogen functional groups attached to an aromatic ring is 1. The number of hydrogen-bond acceptors (Lipinski definition) is 4. The second kappa shape index (κ2) is 6.99. The van der Waals surface area contributed by atoms with Crippen molar-refractivity contribution in [2.45, 2.75) is 0 Å². The molecule has 0 heterocycles. The van der Waals surface area contributed by atoms with E-state index in [1.165, 1.54) is 0 Å². The molecule has 110 valence electrons. The van der Waals surface area contributed by atoms with Gasteiger partial charge in [0, 0.05) is 16.2 Å². The van der Waals surface area contributed by atoms with Crippen LogP contribution in [0.5, 0.6) is 11.5 Å². The predicted molar refractivity (Wildman–Crippen MR) is 85.7 cm³/mol. The topological polar surface area (TPSA) is 73.6 Å². The van der Waals surface area contributed by atoms with E-state index in [4.69, 9.17) is 15.2 Å². The average molecular weight is 351 g/mol. The number of amides is 1. The number of halogens is 1. The highest BCUT2D eigenvalue weighted by Crippen LogP contribution is 2.24. The summed E-state index contributed by atoms with van der Waals surface area (Å²) in [7, 11) is 1.55. The lowest BCUT2D eigenvalue weighted by atomic mass is 10.3. The summed E-state index contributed by atoms with van der Waals surface area (Å²) in [6, 6.07) is 12.3. The van der Waals surface area contributed by atoms with Gasteiger partial charge in [-0.1, -0.05) is 28.1 Å². The largest absolute Gasteiger partial charge is 0.495 e. The van der Waals surface area contributed by atoms with Crippen LogP contribution in [-0.2, 0) is 4.79 Å². The van der Waals surface area contributed by atoms with Crippen LogP contribution in [0, 0.1) is 0 Å². The molecule has 0 unspecified atom stereocenters. The molecule has 0 atom stereocenters. The van der Waals surface area contributed by atoms with E-state index in [-0.39, 0.29) is 12.5 Å². The molecule has 2 rings (SSSR count). The summed E-state index contributed by atoms with van der Waals surface area (Å²) in [5.74, 6) is 0.840. The zero-order chi connectivity index (χ0) is 15.2. The van der Waals surface area contributed by atoms with Crippen molar-refractivity contribution in [2.24, 2.45) is 0 Å². The Balaban J connectivity index is 1.96. The molecule has 21 heavy (non-hydrogen) atoms. The Morgan fingerprint density at radius 1 is 1.29 bits per heavy atom. The summed E-state index contributed by atoms with van der Waals surface area (Å²) < 4.78 is 11.4. The quantitative estimate of drug-likeness (QED) is 0.812. The average Bonchev–Trinajstić information content (AvgIpc) is 2.45. The van der Waals surface area contributed by atoms with Gasteiger partial charge in [0.2, 0.25) is 0 Å². The van der Waals surface area contributed by atoms with E-state index in [9.17, 15) is 4.79 Å². The molecule has 2 aromatic rings. The third kappa shape index (κ3) is 4.39. The predicted octanol–water partition coefficient (Wildman–Crippen LogP) is 3.06. The first-order valence-electron chi connectivity index (χ1n) is 6.20. The summed E-state index contributed by atoms with van der Waals surface area (Å²) in [5, 5.41) is 2.73. The monoisotopic (exact) mass is 350 g/mol. The number of ether oxygens (including phenoxy) is 2. The van der Waals surface area contributed by atoms with Gasteiger partial charge < -0.3 is 20.5 Å². The number of nitrogens with one attached hydrogen (secondary N) is 1. The van der Waals surface area contributed by atoms with Gasteiger partial charge in [-0.25, -0.2) is 0 Å². The van der Waals surface area contributed by atoms with Crippen LogP contribution >= 0.6 is 15.9 Å². The summed E-state index contributed by atoms with van der Waals surface area (Å²) in [6.07, 6.45) is 0. The lowest BCUT2D eigenvalue weighted by Crippen LogP contribution is -2.20. The Kier molecular flexibility index (Phi) is 5.05. The highest BCUT2D eigenvalue weighted by molar-refractivity contribution is 9.10. The van der Waals surface area contributed by atoms with E-state index in [1.54, 1.807) is 37.4 Å². The molecule has 1 amide bonds. The van der Waals surface area contributed by atoms with E-state index in [0.717, 1.165) is 4.47 Å². The van der Waals surface area contributed by atoms with Crippen LogP contribution in [0.15, 0.2) is 46.9 Å². The molecule has 0 bridgehead atoms. The first kappa shape index (κ1) is 15.2. The molecular weight excluding hydrogens is 336 g/mol. The second-order valence-electron chi connectivity index (χ2n) is 4.26. The Bertz CT molecular complexity index is 626. The number of para-hydroxylation sites is 2. The van der Waals surface area contributed by atoms with E-state index >= 15 is 0 Å². The van der Waals surface area contributed by atoms with Gasteiger partial charge in [0.05, 0.1) is 12.8 Å². The van der Waals surface area contributed by atoms with Crippen LogP contribution in [-0.4, -0.2) is 19.6 Å². The minimum atomic E-state index is -0.280. The van der Waals surface area contributed by atoms with Gasteiger partial charge in [-0.3, -0.25) is 4.79 Å². The smallest absolute Gasteiger partial charge is 0.262 e. The lowest BCUT2D eigenvalue weighted by molar-refractivity contribution is -0.118. The third-order valence-corrected chi connectivity index (χ3v) is 3.10. The number of carbonyl (C=O) groups excluding carboxylic acids is 1. The lowest BCUT2D eigenvalue weighted by Gasteiger charge is -2.11. The van der Waals surface area contributed by atoms with Crippen molar-refractivity contribution in [2.75, 3.05) is 24.8 Å². The van der Waals surface area contributed by atoms with Crippen LogP contribution in [0.25, 0.3) is 0 Å². The maximum atomic E-state index is 11.9. The number of nitrogens with two attached hydrogens (primary N) is 1. The second-order valence-corrected chi connectivity index (χ2v) is 5.17. The maximum Gasteiger partial charge on any atom is 0.262 e. The molecule has 6 heteroatoms. The summed E-state index contributed by atoms with van der Waals surface area (Å²) >= 11 is 3.32. The van der Waals surface area contributed by atoms with Gasteiger partial charge in [0.1, 0.15) is 11.5 Å². The van der Waals surface area contributed by atoms with E-state index in [2.05, 4.69) is 21.2 Å². The van der Waals surface area contributed by atoms with E-state index in [1.807, 2.05) is 12.1 Å². The summed E-state index contributed by atoms with van der Waals surface area (Å²) in [5.41, 5.74) is 6.86. The van der Waals surface area contributed by atoms with Gasteiger partial charge in [-0.15, -0.1) is 0 Å². The SMILES string of the molecule is COc1ccccc1NC(=O)COc1cc(N)cc(Br)c1. The molecule has 0 aromatic heterocycles. The fraction of sp³-hybridized carbons (Fsp3) is 0.133. The Morgan fingerprint density at radius 3 is 2.76 bits per heavy atom. The Hall–Kier alpha value is -2.21. The molecule has 0 aliphatic carbocycles. The molecule has 0 aliphatic rings. The maximum absolute atomic E-state index is 11.9. The van der Waals surface area contributed by atoms with Crippen LogP contribution in [0.1, 0.15) is 0 Å². The highest BCUT2D eigenvalue weighted by Gasteiger charge is 2.08. The summed E-state index contributed by atoms with van der Waals surface area (Å²) in [4.78, 5) is 11.9. The Labute approximate surface area is 131 Å². The molecule has 0 saturated heterocycles. The third-order valence-electron chi connectivity index (χ3n) is 2.64. The minimum Gasteiger partial charge on any atom is -0.495 e.